The molecule has 0 saturated carbocycles. The highest BCUT2D eigenvalue weighted by Crippen LogP contribution is 2.23. The summed E-state index contributed by atoms with van der Waals surface area (Å²) in [7, 11) is 0. The molecule has 0 bridgehead atoms. The van der Waals surface area contributed by atoms with Crippen LogP contribution in [0.25, 0.3) is 0 Å². The van der Waals surface area contributed by atoms with Gasteiger partial charge in [-0.3, -0.25) is 9.78 Å². The molecule has 1 aromatic carbocycles. The molecule has 1 N–H and O–H groups in total. The van der Waals surface area contributed by atoms with Crippen molar-refractivity contribution in [2.24, 2.45) is 0 Å². The van der Waals surface area contributed by atoms with Crippen LogP contribution in [-0.4, -0.2) is 16.1 Å². The molecule has 0 radical (unpaired) electrons. The molecule has 0 spiro atoms. The third kappa shape index (κ3) is 3.45. The van der Waals surface area contributed by atoms with E-state index in [2.05, 4.69) is 20.9 Å². The molecule has 0 saturated heterocycles. The predicted octanol–water partition coefficient (Wildman–Crippen LogP) is 3.87. The number of pyridine rings is 1. The number of aromatic nitrogens is 1. The van der Waals surface area contributed by atoms with E-state index in [9.17, 15) is 9.90 Å². The van der Waals surface area contributed by atoms with Crippen LogP contribution < -0.4 is 0 Å². The van der Waals surface area contributed by atoms with E-state index >= 15 is 0 Å². The molecule has 1 heterocycles. The van der Waals surface area contributed by atoms with Gasteiger partial charge in [-0.2, -0.15) is 0 Å². The van der Waals surface area contributed by atoms with Gasteiger partial charge in [0.1, 0.15) is 5.92 Å². The quantitative estimate of drug-likeness (QED) is 0.923. The minimum absolute atomic E-state index is 0.449. The van der Waals surface area contributed by atoms with Crippen molar-refractivity contribution in [1.29, 1.82) is 0 Å². The summed E-state index contributed by atoms with van der Waals surface area (Å²) in [5.41, 5.74) is 3.55. The first kappa shape index (κ1) is 14.7. The molecular weight excluding hydrogens is 318 g/mol. The standard InChI is InChI=1S/C16H16BrNO2/c1-10-4-3-5-12(8-10)9-13(16(19)20)15-7-6-14(17)11(2)18-15/h3-8,13H,9H2,1-2H3,(H,19,20). The van der Waals surface area contributed by atoms with E-state index < -0.39 is 11.9 Å². The first-order valence-corrected chi connectivity index (χ1v) is 7.18. The molecule has 1 aromatic heterocycles. The van der Waals surface area contributed by atoms with E-state index in [0.29, 0.717) is 12.1 Å². The first-order valence-electron chi connectivity index (χ1n) is 6.39. The van der Waals surface area contributed by atoms with Crippen LogP contribution >= 0.6 is 15.9 Å². The van der Waals surface area contributed by atoms with Crippen molar-refractivity contribution >= 4 is 21.9 Å². The number of carboxylic acids is 1. The van der Waals surface area contributed by atoms with Crippen LogP contribution in [0.1, 0.15) is 28.4 Å². The smallest absolute Gasteiger partial charge is 0.312 e. The Morgan fingerprint density at radius 2 is 2.05 bits per heavy atom. The Labute approximate surface area is 126 Å². The lowest BCUT2D eigenvalue weighted by molar-refractivity contribution is -0.138. The maximum absolute atomic E-state index is 11.5. The summed E-state index contributed by atoms with van der Waals surface area (Å²) in [6, 6.07) is 11.5. The van der Waals surface area contributed by atoms with Crippen molar-refractivity contribution in [3.05, 3.63) is 63.4 Å². The van der Waals surface area contributed by atoms with Crippen LogP contribution in [0.3, 0.4) is 0 Å². The number of hydrogen-bond acceptors (Lipinski definition) is 2. The van der Waals surface area contributed by atoms with Crippen molar-refractivity contribution in [1.82, 2.24) is 4.98 Å². The predicted molar refractivity (Wildman–Crippen MR) is 81.9 cm³/mol. The van der Waals surface area contributed by atoms with Crippen molar-refractivity contribution in [2.45, 2.75) is 26.2 Å². The van der Waals surface area contributed by atoms with Gasteiger partial charge in [0.2, 0.25) is 0 Å². The van der Waals surface area contributed by atoms with Crippen LogP contribution in [0.15, 0.2) is 40.9 Å². The van der Waals surface area contributed by atoms with Crippen LogP contribution in [0.4, 0.5) is 0 Å². The molecule has 2 aromatic rings. The third-order valence-electron chi connectivity index (χ3n) is 3.22. The average molecular weight is 334 g/mol. The Morgan fingerprint density at radius 1 is 1.30 bits per heavy atom. The molecule has 3 nitrogen and oxygen atoms in total. The minimum Gasteiger partial charge on any atom is -0.481 e. The van der Waals surface area contributed by atoms with E-state index in [1.165, 1.54) is 0 Å². The zero-order valence-electron chi connectivity index (χ0n) is 11.4. The van der Waals surface area contributed by atoms with Crippen molar-refractivity contribution in [3.8, 4) is 0 Å². The number of rotatable bonds is 4. The lowest BCUT2D eigenvalue weighted by Gasteiger charge is -2.13. The fourth-order valence-electron chi connectivity index (χ4n) is 2.15. The average Bonchev–Trinajstić information content (AvgIpc) is 2.39. The largest absolute Gasteiger partial charge is 0.481 e. The third-order valence-corrected chi connectivity index (χ3v) is 4.06. The Bertz CT molecular complexity index is 640. The number of aliphatic carboxylic acids is 1. The van der Waals surface area contributed by atoms with Gasteiger partial charge in [0.15, 0.2) is 0 Å². The summed E-state index contributed by atoms with van der Waals surface area (Å²) in [5, 5.41) is 9.47. The molecule has 0 fully saturated rings. The minimum atomic E-state index is -0.847. The lowest BCUT2D eigenvalue weighted by atomic mass is 9.95. The molecule has 0 aliphatic heterocycles. The van der Waals surface area contributed by atoms with E-state index in [-0.39, 0.29) is 0 Å². The number of nitrogens with zero attached hydrogens (tertiary/aromatic N) is 1. The summed E-state index contributed by atoms with van der Waals surface area (Å²) >= 11 is 3.38. The summed E-state index contributed by atoms with van der Waals surface area (Å²) in [6.45, 7) is 3.86. The van der Waals surface area contributed by atoms with Crippen molar-refractivity contribution in [2.75, 3.05) is 0 Å². The fraction of sp³-hybridized carbons (Fsp3) is 0.250. The zero-order valence-corrected chi connectivity index (χ0v) is 13.0. The van der Waals surface area contributed by atoms with Gasteiger partial charge in [0, 0.05) is 4.47 Å². The molecular formula is C16H16BrNO2. The second kappa shape index (κ2) is 6.18. The number of hydrogen-bond donors (Lipinski definition) is 1. The summed E-state index contributed by atoms with van der Waals surface area (Å²) in [6.07, 6.45) is 0.449. The van der Waals surface area contributed by atoms with Crippen LogP contribution in [0.2, 0.25) is 0 Å². The second-order valence-electron chi connectivity index (χ2n) is 4.89. The highest BCUT2D eigenvalue weighted by molar-refractivity contribution is 9.10. The highest BCUT2D eigenvalue weighted by Gasteiger charge is 2.22. The van der Waals surface area contributed by atoms with Crippen LogP contribution in [0, 0.1) is 13.8 Å². The molecule has 0 aliphatic rings. The number of carboxylic acid groups (broad SMARTS) is 1. The maximum Gasteiger partial charge on any atom is 0.312 e. The summed E-state index contributed by atoms with van der Waals surface area (Å²) in [5.74, 6) is -1.47. The number of benzene rings is 1. The number of carbonyl (C=O) groups is 1. The molecule has 0 amide bonds. The van der Waals surface area contributed by atoms with Gasteiger partial charge in [-0.25, -0.2) is 0 Å². The van der Waals surface area contributed by atoms with Crippen LogP contribution in [0.5, 0.6) is 0 Å². The first-order chi connectivity index (χ1) is 9.47. The van der Waals surface area contributed by atoms with Crippen LogP contribution in [-0.2, 0) is 11.2 Å². The lowest BCUT2D eigenvalue weighted by Crippen LogP contribution is -2.16. The molecule has 4 heteroatoms. The highest BCUT2D eigenvalue weighted by atomic mass is 79.9. The van der Waals surface area contributed by atoms with E-state index in [4.69, 9.17) is 0 Å². The monoisotopic (exact) mass is 333 g/mol. The van der Waals surface area contributed by atoms with E-state index in [1.807, 2.05) is 44.2 Å². The molecule has 1 atom stereocenters. The van der Waals surface area contributed by atoms with Crippen molar-refractivity contribution < 1.29 is 9.90 Å². The second-order valence-corrected chi connectivity index (χ2v) is 5.74. The van der Waals surface area contributed by atoms with Gasteiger partial charge >= 0.3 is 5.97 Å². The van der Waals surface area contributed by atoms with Gasteiger partial charge in [-0.1, -0.05) is 29.8 Å². The van der Waals surface area contributed by atoms with Gasteiger partial charge in [0.05, 0.1) is 11.4 Å². The number of halogens is 1. The molecule has 2 rings (SSSR count). The Kier molecular flexibility index (Phi) is 4.55. The normalized spacial score (nSPS) is 12.2. The molecule has 104 valence electrons. The Morgan fingerprint density at radius 3 is 2.65 bits per heavy atom. The maximum atomic E-state index is 11.5. The molecule has 1 unspecified atom stereocenters. The van der Waals surface area contributed by atoms with E-state index in [0.717, 1.165) is 21.3 Å². The topological polar surface area (TPSA) is 50.2 Å². The summed E-state index contributed by atoms with van der Waals surface area (Å²) < 4.78 is 0.890. The van der Waals surface area contributed by atoms with Gasteiger partial charge in [0.25, 0.3) is 0 Å². The van der Waals surface area contributed by atoms with Crippen molar-refractivity contribution in [3.63, 3.8) is 0 Å². The zero-order chi connectivity index (χ0) is 14.7. The molecule has 0 aliphatic carbocycles. The van der Waals surface area contributed by atoms with E-state index in [1.54, 1.807) is 6.07 Å². The van der Waals surface area contributed by atoms with Gasteiger partial charge in [-0.05, 0) is 53.9 Å². The Balaban J connectivity index is 2.32. The summed E-state index contributed by atoms with van der Waals surface area (Å²) in [4.78, 5) is 15.9. The fourth-order valence-corrected chi connectivity index (χ4v) is 2.37. The Hall–Kier alpha value is -1.68. The SMILES string of the molecule is Cc1cccc(CC(C(=O)O)c2ccc(Br)c(C)n2)c1. The number of aryl methyl sites for hydroxylation is 2. The molecule has 20 heavy (non-hydrogen) atoms. The van der Waals surface area contributed by atoms with Gasteiger partial charge in [-0.15, -0.1) is 0 Å². The van der Waals surface area contributed by atoms with Gasteiger partial charge < -0.3 is 5.11 Å².